The van der Waals surface area contributed by atoms with Crippen LogP contribution in [-0.4, -0.2) is 15.2 Å². The third kappa shape index (κ3) is 2.39. The van der Waals surface area contributed by atoms with Gasteiger partial charge in [0.15, 0.2) is 0 Å². The first kappa shape index (κ1) is 11.5. The summed E-state index contributed by atoms with van der Waals surface area (Å²) < 4.78 is 2.89. The molecule has 2 rings (SSSR count). The van der Waals surface area contributed by atoms with E-state index in [9.17, 15) is 0 Å². The molecular formula is C11H16BrClN2. The maximum atomic E-state index is 6.24. The van der Waals surface area contributed by atoms with Gasteiger partial charge in [0, 0.05) is 24.0 Å². The monoisotopic (exact) mass is 290 g/mol. The third-order valence-electron chi connectivity index (χ3n) is 3.40. The lowest BCUT2D eigenvalue weighted by atomic mass is 9.78. The summed E-state index contributed by atoms with van der Waals surface area (Å²) in [7, 11) is 2.00. The smallest absolute Gasteiger partial charge is 0.128 e. The largest absolute Gasteiger partial charge is 0.271 e. The van der Waals surface area contributed by atoms with E-state index in [-0.39, 0.29) is 0 Å². The fourth-order valence-electron chi connectivity index (χ4n) is 2.48. The quantitative estimate of drug-likeness (QED) is 0.722. The second-order valence-corrected chi connectivity index (χ2v) is 5.94. The Morgan fingerprint density at radius 1 is 1.53 bits per heavy atom. The standard InChI is InChI=1S/C11H16BrClN2/c1-7-3-4-8(13)5-9(7)10-6-11(12)14-15(10)2/h6-9H,3-5H2,1-2H3. The van der Waals surface area contributed by atoms with Gasteiger partial charge >= 0.3 is 0 Å². The SMILES string of the molecule is CC1CCC(Cl)CC1c1cc(Br)nn1C. The number of nitrogens with zero attached hydrogens (tertiary/aromatic N) is 2. The molecule has 0 radical (unpaired) electrons. The fraction of sp³-hybridized carbons (Fsp3) is 0.727. The number of rotatable bonds is 1. The lowest BCUT2D eigenvalue weighted by molar-refractivity contribution is 0.322. The van der Waals surface area contributed by atoms with E-state index in [1.165, 1.54) is 12.1 Å². The summed E-state index contributed by atoms with van der Waals surface area (Å²) in [6.07, 6.45) is 3.45. The molecule has 3 atom stereocenters. The summed E-state index contributed by atoms with van der Waals surface area (Å²) in [6.45, 7) is 2.31. The first-order valence-electron chi connectivity index (χ1n) is 5.41. The van der Waals surface area contributed by atoms with E-state index < -0.39 is 0 Å². The minimum atomic E-state index is 0.333. The van der Waals surface area contributed by atoms with Crippen molar-refractivity contribution in [1.82, 2.24) is 9.78 Å². The predicted molar refractivity (Wildman–Crippen MR) is 66.3 cm³/mol. The summed E-state index contributed by atoms with van der Waals surface area (Å²) >= 11 is 9.66. The minimum Gasteiger partial charge on any atom is -0.271 e. The number of alkyl halides is 1. The van der Waals surface area contributed by atoms with Crippen molar-refractivity contribution in [1.29, 1.82) is 0 Å². The maximum Gasteiger partial charge on any atom is 0.128 e. The molecule has 4 heteroatoms. The summed E-state index contributed by atoms with van der Waals surface area (Å²) in [4.78, 5) is 0. The Morgan fingerprint density at radius 2 is 2.27 bits per heavy atom. The lowest BCUT2D eigenvalue weighted by Gasteiger charge is -2.31. The zero-order valence-corrected chi connectivity index (χ0v) is 11.4. The number of hydrogen-bond donors (Lipinski definition) is 0. The van der Waals surface area contributed by atoms with Gasteiger partial charge in [-0.2, -0.15) is 5.10 Å². The van der Waals surface area contributed by atoms with Gasteiger partial charge in [-0.15, -0.1) is 11.6 Å². The molecule has 1 fully saturated rings. The van der Waals surface area contributed by atoms with Crippen LogP contribution in [0.2, 0.25) is 0 Å². The zero-order valence-electron chi connectivity index (χ0n) is 9.08. The molecule has 1 aromatic rings. The number of aromatic nitrogens is 2. The van der Waals surface area contributed by atoms with E-state index in [4.69, 9.17) is 11.6 Å². The van der Waals surface area contributed by atoms with Crippen LogP contribution in [0.15, 0.2) is 10.7 Å². The van der Waals surface area contributed by atoms with Crippen molar-refractivity contribution in [3.8, 4) is 0 Å². The van der Waals surface area contributed by atoms with Gasteiger partial charge < -0.3 is 0 Å². The first-order valence-corrected chi connectivity index (χ1v) is 6.64. The zero-order chi connectivity index (χ0) is 11.0. The van der Waals surface area contributed by atoms with Crippen LogP contribution in [0.4, 0.5) is 0 Å². The number of aryl methyl sites for hydroxylation is 1. The molecule has 0 spiro atoms. The van der Waals surface area contributed by atoms with Crippen LogP contribution >= 0.6 is 27.5 Å². The predicted octanol–water partition coefficient (Wildman–Crippen LogP) is 3.69. The highest BCUT2D eigenvalue weighted by Crippen LogP contribution is 2.39. The Bertz CT molecular complexity index is 350. The fourth-order valence-corrected chi connectivity index (χ4v) is 3.27. The molecular weight excluding hydrogens is 275 g/mol. The molecule has 0 aliphatic heterocycles. The molecule has 1 heterocycles. The van der Waals surface area contributed by atoms with Gasteiger partial charge in [-0.25, -0.2) is 0 Å². The van der Waals surface area contributed by atoms with Crippen LogP contribution in [0.5, 0.6) is 0 Å². The van der Waals surface area contributed by atoms with Crippen molar-refractivity contribution < 1.29 is 0 Å². The number of halogens is 2. The molecule has 0 amide bonds. The summed E-state index contributed by atoms with van der Waals surface area (Å²) in [5.41, 5.74) is 1.31. The molecule has 15 heavy (non-hydrogen) atoms. The van der Waals surface area contributed by atoms with Gasteiger partial charge in [0.1, 0.15) is 4.60 Å². The van der Waals surface area contributed by atoms with Crippen LogP contribution < -0.4 is 0 Å². The van der Waals surface area contributed by atoms with E-state index in [1.54, 1.807) is 0 Å². The Balaban J connectivity index is 2.24. The van der Waals surface area contributed by atoms with Crippen molar-refractivity contribution in [2.45, 2.75) is 37.5 Å². The molecule has 3 unspecified atom stereocenters. The van der Waals surface area contributed by atoms with E-state index in [0.717, 1.165) is 17.4 Å². The second kappa shape index (κ2) is 4.46. The van der Waals surface area contributed by atoms with Crippen LogP contribution in [0.25, 0.3) is 0 Å². The molecule has 1 aromatic heterocycles. The van der Waals surface area contributed by atoms with Gasteiger partial charge in [0.25, 0.3) is 0 Å². The van der Waals surface area contributed by atoms with E-state index >= 15 is 0 Å². The minimum absolute atomic E-state index is 0.333. The Hall–Kier alpha value is -0.0200. The van der Waals surface area contributed by atoms with Crippen LogP contribution in [0, 0.1) is 5.92 Å². The Labute approximate surface area is 104 Å². The van der Waals surface area contributed by atoms with E-state index in [0.29, 0.717) is 17.2 Å². The maximum absolute atomic E-state index is 6.24. The van der Waals surface area contributed by atoms with E-state index in [2.05, 4.69) is 34.0 Å². The normalized spacial score (nSPS) is 31.9. The number of hydrogen-bond acceptors (Lipinski definition) is 1. The van der Waals surface area contributed by atoms with Gasteiger partial charge in [0.2, 0.25) is 0 Å². The first-order chi connectivity index (χ1) is 7.08. The van der Waals surface area contributed by atoms with Crippen LogP contribution in [0.1, 0.15) is 37.8 Å². The Kier molecular flexibility index (Phi) is 3.41. The van der Waals surface area contributed by atoms with Gasteiger partial charge in [-0.1, -0.05) is 6.92 Å². The average molecular weight is 292 g/mol. The molecule has 1 saturated carbocycles. The molecule has 84 valence electrons. The van der Waals surface area contributed by atoms with E-state index in [1.807, 2.05) is 11.7 Å². The summed E-state index contributed by atoms with van der Waals surface area (Å²) in [5.74, 6) is 1.27. The molecule has 0 N–H and O–H groups in total. The van der Waals surface area contributed by atoms with Gasteiger partial charge in [-0.05, 0) is 47.2 Å². The highest BCUT2D eigenvalue weighted by atomic mass is 79.9. The van der Waals surface area contributed by atoms with Crippen LogP contribution in [0.3, 0.4) is 0 Å². The second-order valence-electron chi connectivity index (χ2n) is 4.51. The molecule has 2 nitrogen and oxygen atoms in total. The Morgan fingerprint density at radius 3 is 2.87 bits per heavy atom. The van der Waals surface area contributed by atoms with Crippen LogP contribution in [-0.2, 0) is 7.05 Å². The molecule has 0 aromatic carbocycles. The highest BCUT2D eigenvalue weighted by molar-refractivity contribution is 9.10. The highest BCUT2D eigenvalue weighted by Gasteiger charge is 2.29. The summed E-state index contributed by atoms with van der Waals surface area (Å²) in [5, 5.41) is 4.67. The molecule has 0 saturated heterocycles. The average Bonchev–Trinajstić information content (AvgIpc) is 2.50. The van der Waals surface area contributed by atoms with Crippen molar-refractivity contribution in [2.75, 3.05) is 0 Å². The van der Waals surface area contributed by atoms with Crippen molar-refractivity contribution in [2.24, 2.45) is 13.0 Å². The van der Waals surface area contributed by atoms with Gasteiger partial charge in [-0.3, -0.25) is 4.68 Å². The van der Waals surface area contributed by atoms with Crippen molar-refractivity contribution in [3.63, 3.8) is 0 Å². The molecule has 1 aliphatic carbocycles. The topological polar surface area (TPSA) is 17.8 Å². The van der Waals surface area contributed by atoms with Crippen molar-refractivity contribution >= 4 is 27.5 Å². The van der Waals surface area contributed by atoms with Gasteiger partial charge in [0.05, 0.1) is 0 Å². The lowest BCUT2D eigenvalue weighted by Crippen LogP contribution is -2.23. The van der Waals surface area contributed by atoms with Crippen molar-refractivity contribution in [3.05, 3.63) is 16.4 Å². The molecule has 1 aliphatic rings. The third-order valence-corrected chi connectivity index (χ3v) is 4.18. The summed E-state index contributed by atoms with van der Waals surface area (Å²) in [6, 6.07) is 2.12. The molecule has 0 bridgehead atoms.